The van der Waals surface area contributed by atoms with E-state index in [1.165, 1.54) is 91.9 Å². The van der Waals surface area contributed by atoms with Crippen LogP contribution in [0.25, 0.3) is 50.7 Å². The third kappa shape index (κ3) is 26.7. The number of aromatic nitrogens is 7. The van der Waals surface area contributed by atoms with E-state index in [4.69, 9.17) is 14.3 Å². The van der Waals surface area contributed by atoms with Crippen LogP contribution in [0.15, 0.2) is 152 Å². The normalized spacial score (nSPS) is 15.1. The van der Waals surface area contributed by atoms with E-state index in [1.807, 2.05) is 77.2 Å². The number of aryl methyl sites for hydroxylation is 1. The van der Waals surface area contributed by atoms with E-state index < -0.39 is 198 Å². The van der Waals surface area contributed by atoms with Gasteiger partial charge in [0.05, 0.1) is 59.4 Å². The van der Waals surface area contributed by atoms with Crippen molar-refractivity contribution in [1.82, 2.24) is 64.5 Å². The molecular weight excluding hydrogens is 1930 g/mol. The molecule has 39 nitrogen and oxygen atoms in total. The number of aromatic amines is 1. The fourth-order valence-electron chi connectivity index (χ4n) is 17.1. The number of rotatable bonds is 51. The lowest BCUT2D eigenvalue weighted by Crippen LogP contribution is -2.51. The summed E-state index contributed by atoms with van der Waals surface area (Å²) in [5.74, 6) is -14.5. The van der Waals surface area contributed by atoms with E-state index in [2.05, 4.69) is 78.5 Å². The number of Topliss-reactive ketones (excluding diaryl/α,β-unsaturated/α-hetero) is 3. The molecule has 0 bridgehead atoms. The average molecular weight is 2040 g/mol. The van der Waals surface area contributed by atoms with Crippen LogP contribution in [0.5, 0.6) is 0 Å². The summed E-state index contributed by atoms with van der Waals surface area (Å²) in [4.78, 5) is 186. The Morgan fingerprint density at radius 1 is 0.779 bits per heavy atom. The Bertz CT molecular complexity index is 6780. The van der Waals surface area contributed by atoms with Gasteiger partial charge in [0.15, 0.2) is 44.4 Å². The number of halogens is 2. The van der Waals surface area contributed by atoms with Crippen molar-refractivity contribution >= 4 is 183 Å². The standard InChI is InChI=1S/C92H110BF2N17O22S4Si2/c1-10-108(11-2)62-26-31-69-75(42-62)133-76-43-63(109(12-3)13-4)27-32-70(76)82(69)71-33-30-68(44-78(71)138(130,131)132)137(128,129)102-36-14-16-66(113)17-15-37-139(6,7)134-140(8,9)53-136-92-100-46-55(47-101-92)51-110-80(117)45-77(88(110)123)135-52-58(89(124)125)39-74(115)73(50-98-79(116)35-28-61-24-25-65-41-64-23-18-54(5)111(64)93(94,95)112(61)65)105-86(121)57(40-81(118)119)38-67(114)29-34-72(90(126)127)104-85(120)56-19-21-59(22-20-56)97-48-60-49-99-84-83(103-60)87(122)107-91(96)106-84/h18-27,30-33,41-44,46-47,49,57-58,72-73,77,102H,10-17,28-29,34-40,45,48,50-53H2,1-9H3,(H10-,96,97,98,99,104,105,106,107,116,118,119,120,121,122,124,125,126,127,130,131,132)/p+1/t57-,58-,72-,73-,77?/m0/s1. The highest BCUT2D eigenvalue weighted by atomic mass is 32.2. The van der Waals surface area contributed by atoms with Crippen molar-refractivity contribution in [3.63, 3.8) is 0 Å². The van der Waals surface area contributed by atoms with Gasteiger partial charge in [-0.2, -0.15) is 13.4 Å². The molecule has 1 unspecified atom stereocenters. The number of sulfonamides is 1. The van der Waals surface area contributed by atoms with Gasteiger partial charge in [-0.05, 0) is 158 Å². The van der Waals surface area contributed by atoms with Crippen molar-refractivity contribution in [1.29, 1.82) is 0 Å². The number of carboxylic acids is 3. The fourth-order valence-corrected chi connectivity index (χ4v) is 30.6. The van der Waals surface area contributed by atoms with Crippen molar-refractivity contribution in [3.05, 3.63) is 171 Å². The minimum Gasteiger partial charge on any atom is -0.481 e. The number of H-pyrrole nitrogens is 1. The van der Waals surface area contributed by atoms with Gasteiger partial charge in [0, 0.05) is 182 Å². The molecule has 12 rings (SSSR count). The molecule has 1 saturated heterocycles. The molecule has 0 spiro atoms. The number of carbonyl (C=O) groups excluding carboxylic acids is 8. The number of benzene rings is 4. The number of imide groups is 1. The molecule has 8 heterocycles. The molecule has 0 radical (unpaired) electrons. The second-order valence-corrected chi connectivity index (χ2v) is 49.9. The maximum atomic E-state index is 16.2. The molecule has 5 aliphatic rings. The Balaban J connectivity index is 0.608. The van der Waals surface area contributed by atoms with Crippen LogP contribution in [0.2, 0.25) is 32.2 Å². The number of fused-ring (bicyclic) bond motifs is 5. The zero-order valence-corrected chi connectivity index (χ0v) is 83.7. The number of thioether (sulfide) groups is 2. The van der Waals surface area contributed by atoms with Crippen LogP contribution >= 0.6 is 23.5 Å². The highest BCUT2D eigenvalue weighted by molar-refractivity contribution is 8.01. The number of aliphatic carboxylic acids is 3. The Kier molecular flexibility index (Phi) is 34.6. The summed E-state index contributed by atoms with van der Waals surface area (Å²) < 4.78 is 117. The summed E-state index contributed by atoms with van der Waals surface area (Å²) in [7, 11) is -14.3. The molecular formula is C92H111BF2N17O22S4Si2+. The van der Waals surface area contributed by atoms with Crippen molar-refractivity contribution in [2.24, 2.45) is 11.8 Å². The number of carboxylic acid groups (broad SMARTS) is 3. The molecule has 5 atom stereocenters. The zero-order valence-electron chi connectivity index (χ0n) is 78.4. The predicted octanol–water partition coefficient (Wildman–Crippen LogP) is 8.68. The number of nitrogen functional groups attached to an aromatic ring is 1. The summed E-state index contributed by atoms with van der Waals surface area (Å²) in [5.41, 5.74) is 9.31. The first kappa shape index (κ1) is 106. The van der Waals surface area contributed by atoms with Gasteiger partial charge in [-0.15, -0.1) is 11.8 Å². The number of anilines is 3. The monoisotopic (exact) mass is 2040 g/mol. The smallest absolute Gasteiger partial charge is 0.481 e. The minimum atomic E-state index is -5.05. The highest BCUT2D eigenvalue weighted by Crippen LogP contribution is 2.44. The van der Waals surface area contributed by atoms with Gasteiger partial charge in [-0.1, -0.05) is 17.8 Å². The van der Waals surface area contributed by atoms with Crippen LogP contribution in [0.1, 0.15) is 138 Å². The van der Waals surface area contributed by atoms with Gasteiger partial charge in [-0.25, -0.2) is 42.4 Å². The summed E-state index contributed by atoms with van der Waals surface area (Å²) in [6.07, 6.45) is 4.79. The maximum absolute atomic E-state index is 16.2. The Hall–Kier alpha value is -12.7. The number of ketones is 3. The first-order valence-corrected chi connectivity index (χ1v) is 56.7. The molecule has 5 amide bonds. The van der Waals surface area contributed by atoms with Crippen molar-refractivity contribution in [2.75, 3.05) is 66.3 Å². The molecule has 4 aromatic heterocycles. The largest absolute Gasteiger partial charge is 0.737 e. The van der Waals surface area contributed by atoms with Crippen LogP contribution in [0.3, 0.4) is 0 Å². The molecule has 4 aliphatic heterocycles. The predicted molar refractivity (Wildman–Crippen MR) is 526 cm³/mol. The van der Waals surface area contributed by atoms with Gasteiger partial charge >= 0.3 is 24.9 Å². The number of amides is 5. The van der Waals surface area contributed by atoms with Gasteiger partial charge in [0.1, 0.15) is 58.7 Å². The molecule has 0 saturated carbocycles. The van der Waals surface area contributed by atoms with Crippen molar-refractivity contribution in [2.45, 2.75) is 189 Å². The van der Waals surface area contributed by atoms with Crippen molar-refractivity contribution in [3.8, 4) is 22.5 Å². The third-order valence-corrected chi connectivity index (χ3v) is 37.7. The number of hydrogen-bond donors (Lipinski definition) is 11. The van der Waals surface area contributed by atoms with E-state index in [9.17, 15) is 94.2 Å². The lowest BCUT2D eigenvalue weighted by Gasteiger charge is -2.33. The Morgan fingerprint density at radius 3 is 2.18 bits per heavy atom. The molecule has 3 aromatic carbocycles. The summed E-state index contributed by atoms with van der Waals surface area (Å²) in [5, 5.41) is 42.1. The number of nitrogens with zero attached hydrogens (tertiary/aromatic N) is 10. The van der Waals surface area contributed by atoms with E-state index in [-0.39, 0.29) is 109 Å². The second-order valence-electron chi connectivity index (χ2n) is 35.4. The Morgan fingerprint density at radius 2 is 1.49 bits per heavy atom. The quantitative estimate of drug-likeness (QED) is 0.00248. The van der Waals surface area contributed by atoms with Gasteiger partial charge < -0.3 is 73.3 Å². The lowest BCUT2D eigenvalue weighted by atomic mass is 9.90. The number of carbonyl (C=O) groups is 11. The zero-order chi connectivity index (χ0) is 102. The number of hydrogen-bond acceptors (Lipinski definition) is 28. The highest BCUT2D eigenvalue weighted by Gasteiger charge is 2.52. The van der Waals surface area contributed by atoms with Gasteiger partial charge in [-0.3, -0.25) is 67.2 Å². The first-order valence-electron chi connectivity index (χ1n) is 45.5. The van der Waals surface area contributed by atoms with E-state index in [0.29, 0.717) is 94.0 Å². The molecule has 1 aliphatic carbocycles. The SMILES string of the molecule is CCN(CC)c1ccc2c(-c3ccc(S(=O)(=O)NCCCC(=O)CCC[Si](C)(C)O[Si](C)(C)CSc4ncc(CN5C(=O)CC(SC[C@H](CC(=O)[C@H](CNC(=O)CCc6ccc7n6[B-](F)(F)[N+]6=C(C)C=CC6=C7)NC(=O)[C@H](CC(=O)O)CC(=O)CC[C@H](NC(=O)c6ccc(NCc7cnc8nc(N)[nH]c(=O)c8n7)cc6)C(=O)O)C(=O)O)C5=O)cn4)cc3S(=O)(=O)O)c3ccc(=[N+](CC)CC)cc-3oc2c1. The summed E-state index contributed by atoms with van der Waals surface area (Å²) in [6.45, 7) is 15.1. The first-order chi connectivity index (χ1) is 66.3. The molecule has 48 heteroatoms. The maximum Gasteiger partial charge on any atom is 0.737 e. The van der Waals surface area contributed by atoms with E-state index in [0.717, 1.165) is 42.7 Å². The lowest BCUT2D eigenvalue weighted by molar-refractivity contribution is -0.361. The van der Waals surface area contributed by atoms with Gasteiger partial charge in [0.25, 0.3) is 21.6 Å². The van der Waals surface area contributed by atoms with E-state index in [1.54, 1.807) is 12.2 Å². The number of nitrogens with one attached hydrogen (secondary N) is 6. The number of nitrogens with two attached hydrogens (primary N) is 1. The molecule has 7 aromatic rings. The average Bonchev–Trinajstić information content (AvgIpc) is 1.24. The Labute approximate surface area is 815 Å². The second kappa shape index (κ2) is 45.7. The van der Waals surface area contributed by atoms with Crippen LogP contribution in [-0.4, -0.2) is 242 Å². The van der Waals surface area contributed by atoms with Crippen LogP contribution < -0.4 is 52.1 Å². The van der Waals surface area contributed by atoms with Gasteiger partial charge in [0.2, 0.25) is 45.0 Å². The van der Waals surface area contributed by atoms with Crippen molar-refractivity contribution < 1.29 is 111 Å². The minimum absolute atomic E-state index is 0.000292. The van der Waals surface area contributed by atoms with Crippen LogP contribution in [0.4, 0.5) is 26.0 Å². The van der Waals surface area contributed by atoms with Crippen LogP contribution in [-0.2, 0) is 91.7 Å². The molecule has 12 N–H and O–H groups in total. The fraction of sp³-hybridized carbons (Fsp3) is 0.402. The number of likely N-dealkylation sites (tertiary alicyclic amines) is 1. The summed E-state index contributed by atoms with van der Waals surface area (Å²) >= 11 is 2.11. The van der Waals surface area contributed by atoms with Crippen LogP contribution in [0, 0.1) is 11.8 Å². The molecule has 744 valence electrons. The molecule has 140 heavy (non-hydrogen) atoms. The number of allylic oxidation sites excluding steroid dienone is 2. The van der Waals surface area contributed by atoms with E-state index >= 15 is 8.63 Å². The molecule has 1 fully saturated rings. The topological polar surface area (TPSA) is 560 Å². The summed E-state index contributed by atoms with van der Waals surface area (Å²) in [6, 6.07) is 20.5. The third-order valence-electron chi connectivity index (χ3n) is 24.1.